The van der Waals surface area contributed by atoms with Crippen molar-refractivity contribution in [2.45, 2.75) is 13.1 Å². The highest BCUT2D eigenvalue weighted by Crippen LogP contribution is 2.09. The van der Waals surface area contributed by atoms with E-state index >= 15 is 0 Å². The lowest BCUT2D eigenvalue weighted by atomic mass is 10.2. The number of hydrogen-bond acceptors (Lipinski definition) is 0. The van der Waals surface area contributed by atoms with Crippen molar-refractivity contribution >= 4 is 15.9 Å². The minimum Gasteiger partial charge on any atom is -0.322 e. The molecule has 21 heavy (non-hydrogen) atoms. The molecule has 1 fully saturated rings. The lowest BCUT2D eigenvalue weighted by Gasteiger charge is -2.29. The molecule has 3 rings (SSSR count). The number of halogens is 1. The van der Waals surface area contributed by atoms with Crippen molar-refractivity contribution in [1.82, 2.24) is 0 Å². The second-order valence-corrected chi connectivity index (χ2v) is 6.80. The van der Waals surface area contributed by atoms with Crippen LogP contribution in [0.15, 0.2) is 53.3 Å². The number of hydrogen-bond donors (Lipinski definition) is 2. The Morgan fingerprint density at radius 1 is 0.762 bits per heavy atom. The average molecular weight is 349 g/mol. The van der Waals surface area contributed by atoms with Crippen LogP contribution in [-0.4, -0.2) is 26.2 Å². The Morgan fingerprint density at radius 3 is 1.76 bits per heavy atom. The normalized spacial score (nSPS) is 22.1. The zero-order valence-corrected chi connectivity index (χ0v) is 13.8. The van der Waals surface area contributed by atoms with E-state index in [0.29, 0.717) is 0 Å². The summed E-state index contributed by atoms with van der Waals surface area (Å²) in [7, 11) is 0. The molecule has 0 amide bonds. The van der Waals surface area contributed by atoms with Crippen LogP contribution in [0.2, 0.25) is 0 Å². The third-order valence-electron chi connectivity index (χ3n) is 4.27. The standard InChI is InChI=1S/C17H20BrN3/c18-17-3-1-15(2-4-17)13-20-9-11-21(12-10-20)14-16-5-7-19-8-6-16/h1-8H,9-14H2/p+3. The van der Waals surface area contributed by atoms with Crippen molar-refractivity contribution in [1.29, 1.82) is 0 Å². The number of H-pyrrole nitrogens is 1. The maximum Gasteiger partial charge on any atom is 0.167 e. The predicted octanol–water partition coefficient (Wildman–Crippen LogP) is -0.253. The minimum atomic E-state index is 1.15. The molecular weight excluding hydrogens is 326 g/mol. The van der Waals surface area contributed by atoms with E-state index in [9.17, 15) is 0 Å². The van der Waals surface area contributed by atoms with E-state index in [2.05, 4.69) is 57.3 Å². The maximum atomic E-state index is 3.50. The fourth-order valence-electron chi connectivity index (χ4n) is 3.03. The van der Waals surface area contributed by atoms with Crippen LogP contribution in [0.25, 0.3) is 0 Å². The van der Waals surface area contributed by atoms with Crippen LogP contribution in [0.3, 0.4) is 0 Å². The Morgan fingerprint density at radius 2 is 1.24 bits per heavy atom. The summed E-state index contributed by atoms with van der Waals surface area (Å²) in [6.07, 6.45) is 4.04. The number of benzene rings is 1. The van der Waals surface area contributed by atoms with Crippen LogP contribution in [0.1, 0.15) is 11.1 Å². The summed E-state index contributed by atoms with van der Waals surface area (Å²) in [6, 6.07) is 13.1. The van der Waals surface area contributed by atoms with Gasteiger partial charge in [0.15, 0.2) is 12.4 Å². The van der Waals surface area contributed by atoms with E-state index in [-0.39, 0.29) is 0 Å². The number of nitrogens with one attached hydrogen (secondary N) is 3. The lowest BCUT2D eigenvalue weighted by Crippen LogP contribution is -3.27. The third kappa shape index (κ3) is 4.37. The number of pyridine rings is 1. The van der Waals surface area contributed by atoms with Crippen LogP contribution in [0, 0.1) is 0 Å². The molecule has 110 valence electrons. The van der Waals surface area contributed by atoms with Crippen LogP contribution in [0.4, 0.5) is 0 Å². The van der Waals surface area contributed by atoms with Crippen LogP contribution in [-0.2, 0) is 13.1 Å². The number of aromatic amines is 1. The van der Waals surface area contributed by atoms with Gasteiger partial charge in [-0.3, -0.25) is 0 Å². The SMILES string of the molecule is Brc1ccc(C[NH+]2CC[NH+](Cc3cc[nH+]cc3)CC2)cc1. The van der Waals surface area contributed by atoms with Gasteiger partial charge in [0.25, 0.3) is 0 Å². The second kappa shape index (κ2) is 7.16. The zero-order chi connectivity index (χ0) is 14.5. The minimum absolute atomic E-state index is 1.15. The molecule has 0 bridgehead atoms. The summed E-state index contributed by atoms with van der Waals surface area (Å²) in [5, 5.41) is 0. The largest absolute Gasteiger partial charge is 0.322 e. The highest BCUT2D eigenvalue weighted by Gasteiger charge is 2.23. The zero-order valence-electron chi connectivity index (χ0n) is 12.2. The highest BCUT2D eigenvalue weighted by atomic mass is 79.9. The van der Waals surface area contributed by atoms with Gasteiger partial charge in [-0.2, -0.15) is 0 Å². The van der Waals surface area contributed by atoms with E-state index in [1.807, 2.05) is 12.4 Å². The molecule has 3 N–H and O–H groups in total. The molecule has 2 heterocycles. The quantitative estimate of drug-likeness (QED) is 0.761. The molecule has 0 radical (unpaired) electrons. The van der Waals surface area contributed by atoms with E-state index in [0.717, 1.165) is 17.6 Å². The van der Waals surface area contributed by atoms with Crippen molar-refractivity contribution < 1.29 is 14.8 Å². The van der Waals surface area contributed by atoms with Gasteiger partial charge in [0.2, 0.25) is 0 Å². The molecule has 0 unspecified atom stereocenters. The second-order valence-electron chi connectivity index (χ2n) is 5.89. The molecule has 3 nitrogen and oxygen atoms in total. The van der Waals surface area contributed by atoms with Crippen LogP contribution < -0.4 is 14.8 Å². The fourth-order valence-corrected chi connectivity index (χ4v) is 3.29. The Balaban J connectivity index is 1.47. The summed E-state index contributed by atoms with van der Waals surface area (Å²) in [5.74, 6) is 0. The first-order valence-electron chi connectivity index (χ1n) is 7.66. The summed E-state index contributed by atoms with van der Waals surface area (Å²) < 4.78 is 1.16. The third-order valence-corrected chi connectivity index (χ3v) is 4.80. The molecule has 4 heteroatoms. The van der Waals surface area contributed by atoms with E-state index in [1.54, 1.807) is 9.80 Å². The average Bonchev–Trinajstić information content (AvgIpc) is 2.53. The molecule has 1 aromatic carbocycles. The van der Waals surface area contributed by atoms with E-state index < -0.39 is 0 Å². The van der Waals surface area contributed by atoms with Gasteiger partial charge in [0.1, 0.15) is 39.3 Å². The smallest absolute Gasteiger partial charge is 0.167 e. The number of aromatic nitrogens is 1. The van der Waals surface area contributed by atoms with Gasteiger partial charge in [-0.05, 0) is 12.1 Å². The number of rotatable bonds is 4. The van der Waals surface area contributed by atoms with Crippen LogP contribution >= 0.6 is 15.9 Å². The molecule has 0 aliphatic carbocycles. The van der Waals surface area contributed by atoms with Crippen molar-refractivity contribution in [3.63, 3.8) is 0 Å². The first kappa shape index (κ1) is 14.7. The lowest BCUT2D eigenvalue weighted by molar-refractivity contribution is -1.02. The van der Waals surface area contributed by atoms with Gasteiger partial charge in [0.05, 0.1) is 0 Å². The number of piperazine rings is 1. The molecule has 1 aliphatic heterocycles. The highest BCUT2D eigenvalue weighted by molar-refractivity contribution is 9.10. The molecular formula is C17H23BrN3+3. The number of quaternary nitrogens is 2. The Hall–Kier alpha value is -1.23. The van der Waals surface area contributed by atoms with Gasteiger partial charge in [-0.15, -0.1) is 0 Å². The molecule has 0 atom stereocenters. The Bertz CT molecular complexity index is 548. The van der Waals surface area contributed by atoms with Gasteiger partial charge in [0, 0.05) is 27.7 Å². The van der Waals surface area contributed by atoms with E-state index in [4.69, 9.17) is 0 Å². The monoisotopic (exact) mass is 348 g/mol. The molecule has 1 saturated heterocycles. The topological polar surface area (TPSA) is 23.0 Å². The van der Waals surface area contributed by atoms with Crippen molar-refractivity contribution in [2.24, 2.45) is 0 Å². The van der Waals surface area contributed by atoms with Crippen molar-refractivity contribution in [3.05, 3.63) is 64.4 Å². The molecule has 0 saturated carbocycles. The fraction of sp³-hybridized carbons (Fsp3) is 0.353. The summed E-state index contributed by atoms with van der Waals surface area (Å²) in [4.78, 5) is 6.51. The van der Waals surface area contributed by atoms with Gasteiger partial charge in [-0.25, -0.2) is 4.98 Å². The summed E-state index contributed by atoms with van der Waals surface area (Å²) >= 11 is 3.50. The van der Waals surface area contributed by atoms with Crippen molar-refractivity contribution in [3.8, 4) is 0 Å². The van der Waals surface area contributed by atoms with E-state index in [1.165, 1.54) is 37.3 Å². The van der Waals surface area contributed by atoms with Gasteiger partial charge < -0.3 is 9.80 Å². The first-order chi connectivity index (χ1) is 10.3. The predicted molar refractivity (Wildman–Crippen MR) is 85.9 cm³/mol. The first-order valence-corrected chi connectivity index (χ1v) is 8.45. The molecule has 1 aromatic heterocycles. The van der Waals surface area contributed by atoms with Gasteiger partial charge in [-0.1, -0.05) is 28.1 Å². The van der Waals surface area contributed by atoms with Crippen molar-refractivity contribution in [2.75, 3.05) is 26.2 Å². The van der Waals surface area contributed by atoms with Crippen LogP contribution in [0.5, 0.6) is 0 Å². The summed E-state index contributed by atoms with van der Waals surface area (Å²) in [5.41, 5.74) is 2.87. The molecule has 0 spiro atoms. The molecule has 1 aliphatic rings. The maximum absolute atomic E-state index is 3.50. The Kier molecular flexibility index (Phi) is 5.01. The summed E-state index contributed by atoms with van der Waals surface area (Å²) in [6.45, 7) is 7.38. The van der Waals surface area contributed by atoms with Gasteiger partial charge >= 0.3 is 0 Å². The molecule has 2 aromatic rings. The Labute approximate surface area is 134 Å².